The van der Waals surface area contributed by atoms with Crippen LogP contribution in [-0.4, -0.2) is 27.6 Å². The van der Waals surface area contributed by atoms with E-state index in [0.717, 1.165) is 5.56 Å². The quantitative estimate of drug-likeness (QED) is 0.244. The summed E-state index contributed by atoms with van der Waals surface area (Å²) in [6.07, 6.45) is 4.08. The highest BCUT2D eigenvalue weighted by Gasteiger charge is 2.20. The number of halogens is 3. The van der Waals surface area contributed by atoms with Crippen molar-refractivity contribution in [2.45, 2.75) is 19.1 Å². The molecule has 0 saturated heterocycles. The molecule has 0 aliphatic carbocycles. The molecule has 2 aromatic carbocycles. The first-order valence-corrected chi connectivity index (χ1v) is 12.0. The van der Waals surface area contributed by atoms with E-state index in [1.165, 1.54) is 12.1 Å². The van der Waals surface area contributed by atoms with Gasteiger partial charge in [0.05, 0.1) is 17.7 Å². The van der Waals surface area contributed by atoms with Crippen molar-refractivity contribution < 1.29 is 19.0 Å². The Bertz CT molecular complexity index is 1410. The van der Waals surface area contributed by atoms with E-state index in [1.54, 1.807) is 68.0 Å². The molecule has 190 valence electrons. The molecular formula is C27H23Cl2FN4O3. The Labute approximate surface area is 223 Å². The van der Waals surface area contributed by atoms with Crippen molar-refractivity contribution in [3.05, 3.63) is 106 Å². The lowest BCUT2D eigenvalue weighted by atomic mass is 10.0. The summed E-state index contributed by atoms with van der Waals surface area (Å²) in [4.78, 5) is 21.0. The summed E-state index contributed by atoms with van der Waals surface area (Å²) >= 11 is 12.3. The third-order valence-electron chi connectivity index (χ3n) is 5.73. The highest BCUT2D eigenvalue weighted by Crippen LogP contribution is 2.37. The molecule has 2 atom stereocenters. The van der Waals surface area contributed by atoms with E-state index in [-0.39, 0.29) is 34.1 Å². The number of anilines is 1. The lowest BCUT2D eigenvalue weighted by molar-refractivity contribution is 0.0916. The zero-order valence-corrected chi connectivity index (χ0v) is 21.2. The number of nitrogen functional groups attached to an aromatic ring is 1. The van der Waals surface area contributed by atoms with Crippen molar-refractivity contribution in [3.63, 3.8) is 0 Å². The number of hydrogen-bond donors (Lipinski definition) is 3. The fourth-order valence-corrected chi connectivity index (χ4v) is 4.42. The third kappa shape index (κ3) is 5.99. The number of aliphatic hydroxyl groups excluding tert-OH is 1. The number of carbonyl (C=O) groups is 1. The molecule has 0 radical (unpaired) electrons. The number of nitrogens with zero attached hydrogens (tertiary/aromatic N) is 2. The Hall–Kier alpha value is -3.72. The fraction of sp³-hybridized carbons (Fsp3) is 0.148. The standard InChI is InChI=1S/C27H23Cl2FN4O3/c1-15(24-20(28)8-9-21(30)25(24)29)37-23-11-19(13-33-26(23)31)16-4-6-17(7-5-16)27(36)34-22(14-35)18-3-2-10-32-12-18/h2-13,15,22,35H,14H2,1H3,(H2,31,33)(H,34,36). The number of amides is 1. The molecule has 7 nitrogen and oxygen atoms in total. The number of carbonyl (C=O) groups excluding carboxylic acids is 1. The number of ether oxygens (including phenoxy) is 1. The molecule has 2 aromatic heterocycles. The molecule has 4 rings (SSSR count). The zero-order chi connectivity index (χ0) is 26.5. The number of aliphatic hydroxyl groups is 1. The molecule has 0 fully saturated rings. The normalized spacial score (nSPS) is 12.6. The van der Waals surface area contributed by atoms with Gasteiger partial charge in [0.2, 0.25) is 0 Å². The summed E-state index contributed by atoms with van der Waals surface area (Å²) in [6.45, 7) is 1.41. The average Bonchev–Trinajstić information content (AvgIpc) is 2.91. The summed E-state index contributed by atoms with van der Waals surface area (Å²) in [7, 11) is 0. The van der Waals surface area contributed by atoms with E-state index in [9.17, 15) is 14.3 Å². The van der Waals surface area contributed by atoms with Gasteiger partial charge >= 0.3 is 0 Å². The molecule has 0 spiro atoms. The van der Waals surface area contributed by atoms with Gasteiger partial charge in [0, 0.05) is 40.3 Å². The topological polar surface area (TPSA) is 110 Å². The molecule has 0 saturated carbocycles. The molecule has 0 aliphatic rings. The van der Waals surface area contributed by atoms with Crippen LogP contribution in [0, 0.1) is 5.82 Å². The number of benzene rings is 2. The van der Waals surface area contributed by atoms with E-state index >= 15 is 0 Å². The molecular weight excluding hydrogens is 518 g/mol. The second-order valence-electron chi connectivity index (χ2n) is 8.20. The van der Waals surface area contributed by atoms with Crippen molar-refractivity contribution in [2.24, 2.45) is 0 Å². The van der Waals surface area contributed by atoms with Crippen molar-refractivity contribution in [1.29, 1.82) is 0 Å². The first-order chi connectivity index (χ1) is 17.8. The molecule has 37 heavy (non-hydrogen) atoms. The number of pyridine rings is 2. The van der Waals surface area contributed by atoms with E-state index in [2.05, 4.69) is 15.3 Å². The van der Waals surface area contributed by atoms with Crippen LogP contribution in [-0.2, 0) is 0 Å². The minimum Gasteiger partial charge on any atom is -0.482 e. The van der Waals surface area contributed by atoms with Gasteiger partial charge in [-0.2, -0.15) is 0 Å². The molecule has 10 heteroatoms. The second-order valence-corrected chi connectivity index (χ2v) is 8.98. The van der Waals surface area contributed by atoms with Crippen molar-refractivity contribution in [1.82, 2.24) is 15.3 Å². The van der Waals surface area contributed by atoms with E-state index in [0.29, 0.717) is 22.3 Å². The summed E-state index contributed by atoms with van der Waals surface area (Å²) in [5, 5.41) is 12.6. The van der Waals surface area contributed by atoms with Gasteiger partial charge in [-0.1, -0.05) is 41.4 Å². The fourth-order valence-electron chi connectivity index (χ4n) is 3.74. The maximum absolute atomic E-state index is 14.0. The molecule has 2 heterocycles. The van der Waals surface area contributed by atoms with Crippen LogP contribution in [0.25, 0.3) is 11.1 Å². The number of hydrogen-bond acceptors (Lipinski definition) is 6. The predicted octanol–water partition coefficient (Wildman–Crippen LogP) is 5.78. The van der Waals surface area contributed by atoms with Gasteiger partial charge in [-0.3, -0.25) is 9.78 Å². The van der Waals surface area contributed by atoms with Crippen LogP contribution in [0.5, 0.6) is 5.75 Å². The number of aromatic nitrogens is 2. The minimum atomic E-state index is -0.708. The molecule has 4 aromatic rings. The van der Waals surface area contributed by atoms with Crippen LogP contribution in [0.3, 0.4) is 0 Å². The Balaban J connectivity index is 1.51. The van der Waals surface area contributed by atoms with Gasteiger partial charge < -0.3 is 20.9 Å². The lowest BCUT2D eigenvalue weighted by Gasteiger charge is -2.19. The van der Waals surface area contributed by atoms with Crippen molar-refractivity contribution in [3.8, 4) is 16.9 Å². The molecule has 4 N–H and O–H groups in total. The van der Waals surface area contributed by atoms with Gasteiger partial charge in [0.15, 0.2) is 11.6 Å². The van der Waals surface area contributed by atoms with Gasteiger partial charge in [-0.05, 0) is 54.4 Å². The Morgan fingerprint density at radius 1 is 1.14 bits per heavy atom. The summed E-state index contributed by atoms with van der Waals surface area (Å²) in [6, 6.07) is 14.1. The Morgan fingerprint density at radius 3 is 2.57 bits per heavy atom. The molecule has 0 aliphatic heterocycles. The van der Waals surface area contributed by atoms with Crippen LogP contribution >= 0.6 is 23.2 Å². The smallest absolute Gasteiger partial charge is 0.251 e. The van der Waals surface area contributed by atoms with Crippen molar-refractivity contribution in [2.75, 3.05) is 12.3 Å². The maximum Gasteiger partial charge on any atom is 0.251 e. The Kier molecular flexibility index (Phi) is 8.23. The van der Waals surface area contributed by atoms with Crippen LogP contribution < -0.4 is 15.8 Å². The summed E-state index contributed by atoms with van der Waals surface area (Å²) in [5.41, 5.74) is 8.87. The van der Waals surface area contributed by atoms with Crippen LogP contribution in [0.2, 0.25) is 10.0 Å². The molecule has 2 unspecified atom stereocenters. The summed E-state index contributed by atoms with van der Waals surface area (Å²) in [5.74, 6) is -0.538. The van der Waals surface area contributed by atoms with Crippen LogP contribution in [0.1, 0.15) is 40.6 Å². The predicted molar refractivity (Wildman–Crippen MR) is 141 cm³/mol. The largest absolute Gasteiger partial charge is 0.482 e. The van der Waals surface area contributed by atoms with Gasteiger partial charge in [-0.15, -0.1) is 0 Å². The van der Waals surface area contributed by atoms with E-state index in [1.807, 2.05) is 0 Å². The highest BCUT2D eigenvalue weighted by molar-refractivity contribution is 6.36. The SMILES string of the molecule is CC(Oc1cc(-c2ccc(C(=O)NC(CO)c3cccnc3)cc2)cnc1N)c1c(Cl)ccc(F)c1Cl. The lowest BCUT2D eigenvalue weighted by Crippen LogP contribution is -2.30. The average molecular weight is 541 g/mol. The van der Waals surface area contributed by atoms with Gasteiger partial charge in [0.25, 0.3) is 5.91 Å². The van der Waals surface area contributed by atoms with Crippen LogP contribution in [0.4, 0.5) is 10.2 Å². The van der Waals surface area contributed by atoms with Crippen molar-refractivity contribution >= 4 is 34.9 Å². The van der Waals surface area contributed by atoms with E-state index < -0.39 is 18.0 Å². The number of nitrogens with one attached hydrogen (secondary N) is 1. The minimum absolute atomic E-state index is 0.122. The van der Waals surface area contributed by atoms with Gasteiger partial charge in [0.1, 0.15) is 11.9 Å². The third-order valence-corrected chi connectivity index (χ3v) is 6.44. The maximum atomic E-state index is 14.0. The highest BCUT2D eigenvalue weighted by atomic mass is 35.5. The molecule has 1 amide bonds. The monoisotopic (exact) mass is 540 g/mol. The number of nitrogens with two attached hydrogens (primary N) is 1. The van der Waals surface area contributed by atoms with Gasteiger partial charge in [-0.25, -0.2) is 9.37 Å². The molecule has 0 bridgehead atoms. The first-order valence-electron chi connectivity index (χ1n) is 11.3. The Morgan fingerprint density at radius 2 is 1.89 bits per heavy atom. The van der Waals surface area contributed by atoms with Crippen LogP contribution in [0.15, 0.2) is 73.2 Å². The first kappa shape index (κ1) is 26.3. The number of rotatable bonds is 8. The van der Waals surface area contributed by atoms with E-state index in [4.69, 9.17) is 33.7 Å². The second kappa shape index (κ2) is 11.6. The zero-order valence-electron chi connectivity index (χ0n) is 19.7. The summed E-state index contributed by atoms with van der Waals surface area (Å²) < 4.78 is 19.9.